The van der Waals surface area contributed by atoms with Crippen LogP contribution in [0.2, 0.25) is 0 Å². The van der Waals surface area contributed by atoms with E-state index < -0.39 is 5.41 Å². The quantitative estimate of drug-likeness (QED) is 0.392. The largest absolute Gasteiger partial charge is 0.322 e. The molecule has 0 aliphatic heterocycles. The molecule has 0 fully saturated rings. The number of aryl methyl sites for hydroxylation is 1. The van der Waals surface area contributed by atoms with Crippen LogP contribution in [0, 0.1) is 18.3 Å². The van der Waals surface area contributed by atoms with Gasteiger partial charge in [0.05, 0.1) is 28.1 Å². The predicted octanol–water partition coefficient (Wildman–Crippen LogP) is 4.60. The number of rotatable bonds is 5. The summed E-state index contributed by atoms with van der Waals surface area (Å²) in [5.74, 6) is -0.668. The van der Waals surface area contributed by atoms with Gasteiger partial charge in [-0.25, -0.2) is 4.98 Å². The number of carbonyl (C=O) groups excluding carboxylic acids is 2. The Balaban J connectivity index is 1.53. The molecule has 0 unspecified atom stereocenters. The van der Waals surface area contributed by atoms with Gasteiger partial charge >= 0.3 is 0 Å². The highest BCUT2D eigenvalue weighted by Crippen LogP contribution is 2.26. The zero-order valence-electron chi connectivity index (χ0n) is 18.7. The van der Waals surface area contributed by atoms with E-state index in [0.29, 0.717) is 32.2 Å². The van der Waals surface area contributed by atoms with Gasteiger partial charge < -0.3 is 15.6 Å². The van der Waals surface area contributed by atoms with E-state index in [0.717, 1.165) is 11.1 Å². The smallest absolute Gasteiger partial charge is 0.266 e. The first kappa shape index (κ1) is 22.9. The molecule has 4 rings (SSSR count). The number of anilines is 2. The molecular weight excluding hydrogens is 450 g/mol. The molecule has 0 aliphatic rings. The molecule has 9 heteroatoms. The molecule has 0 radical (unpaired) electrons. The Bertz CT molecular complexity index is 1530. The van der Waals surface area contributed by atoms with E-state index in [1.807, 2.05) is 13.0 Å². The maximum Gasteiger partial charge on any atom is 0.266 e. The molecule has 8 nitrogen and oxygen atoms in total. The molecule has 0 bridgehead atoms. The Morgan fingerprint density at radius 3 is 2.65 bits per heavy atom. The predicted molar refractivity (Wildman–Crippen MR) is 132 cm³/mol. The van der Waals surface area contributed by atoms with Gasteiger partial charge in [0.1, 0.15) is 4.83 Å². The minimum atomic E-state index is -0.716. The lowest BCUT2D eigenvalue weighted by Crippen LogP contribution is -2.17. The fourth-order valence-electron chi connectivity index (χ4n) is 3.30. The summed E-state index contributed by atoms with van der Waals surface area (Å²) in [4.78, 5) is 44.7. The zero-order valence-corrected chi connectivity index (χ0v) is 19.5. The van der Waals surface area contributed by atoms with Crippen LogP contribution in [0.1, 0.15) is 45.0 Å². The summed E-state index contributed by atoms with van der Waals surface area (Å²) in [7, 11) is 0. The number of H-pyrrole nitrogens is 1. The third-order valence-electron chi connectivity index (χ3n) is 5.36. The molecule has 34 heavy (non-hydrogen) atoms. The van der Waals surface area contributed by atoms with Crippen LogP contribution in [0.25, 0.3) is 10.3 Å². The number of nitrogens with one attached hydrogen (secondary N) is 3. The molecule has 3 N–H and O–H groups in total. The van der Waals surface area contributed by atoms with E-state index in [9.17, 15) is 19.6 Å². The van der Waals surface area contributed by atoms with Gasteiger partial charge in [0.15, 0.2) is 0 Å². The van der Waals surface area contributed by atoms with Crippen LogP contribution >= 0.6 is 11.3 Å². The Morgan fingerprint density at radius 1 is 1.09 bits per heavy atom. The first-order chi connectivity index (χ1) is 16.2. The summed E-state index contributed by atoms with van der Waals surface area (Å²) in [5.41, 5.74) is 2.50. The molecule has 2 aromatic carbocycles. The van der Waals surface area contributed by atoms with Gasteiger partial charge in [-0.15, -0.1) is 11.3 Å². The monoisotopic (exact) mass is 471 g/mol. The molecule has 2 heterocycles. The molecule has 2 amide bonds. The lowest BCUT2D eigenvalue weighted by molar-refractivity contribution is 0.102. The van der Waals surface area contributed by atoms with E-state index in [2.05, 4.69) is 26.7 Å². The van der Waals surface area contributed by atoms with E-state index >= 15 is 0 Å². The van der Waals surface area contributed by atoms with Crippen molar-refractivity contribution in [1.82, 2.24) is 9.97 Å². The van der Waals surface area contributed by atoms with Crippen LogP contribution < -0.4 is 16.2 Å². The average molecular weight is 472 g/mol. The summed E-state index contributed by atoms with van der Waals surface area (Å²) in [5, 5.41) is 15.1. The minimum absolute atomic E-state index is 0.323. The number of thiophene rings is 1. The van der Waals surface area contributed by atoms with Crippen LogP contribution in [0.4, 0.5) is 11.4 Å². The van der Waals surface area contributed by atoms with Crippen molar-refractivity contribution >= 4 is 44.9 Å². The number of hydrogen-bond donors (Lipinski definition) is 3. The number of nitriles is 1. The van der Waals surface area contributed by atoms with Crippen molar-refractivity contribution in [2.45, 2.75) is 26.2 Å². The van der Waals surface area contributed by atoms with Gasteiger partial charge in [-0.3, -0.25) is 14.4 Å². The number of benzene rings is 2. The van der Waals surface area contributed by atoms with Crippen molar-refractivity contribution in [3.05, 3.63) is 86.6 Å². The number of carbonyl (C=O) groups is 2. The summed E-state index contributed by atoms with van der Waals surface area (Å²) in [6.07, 6.45) is 1.17. The second-order valence-corrected chi connectivity index (χ2v) is 9.36. The fraction of sp³-hybridized carbons (Fsp3) is 0.160. The number of amides is 2. The number of aromatic nitrogens is 2. The maximum absolute atomic E-state index is 12.8. The molecule has 4 aromatic rings. The highest BCUT2D eigenvalue weighted by atomic mass is 32.1. The van der Waals surface area contributed by atoms with Gasteiger partial charge in [-0.05, 0) is 62.2 Å². The van der Waals surface area contributed by atoms with Crippen LogP contribution in [-0.2, 0) is 5.41 Å². The summed E-state index contributed by atoms with van der Waals surface area (Å²) in [6.45, 7) is 5.44. The van der Waals surface area contributed by atoms with E-state index in [-0.39, 0.29) is 17.4 Å². The molecule has 2 aromatic heterocycles. The van der Waals surface area contributed by atoms with Crippen molar-refractivity contribution in [2.75, 3.05) is 10.6 Å². The number of fused-ring (bicyclic) bond motifs is 1. The van der Waals surface area contributed by atoms with E-state index in [4.69, 9.17) is 0 Å². The highest BCUT2D eigenvalue weighted by Gasteiger charge is 2.21. The van der Waals surface area contributed by atoms with E-state index in [1.165, 1.54) is 17.5 Å². The zero-order chi connectivity index (χ0) is 24.5. The van der Waals surface area contributed by atoms with Gasteiger partial charge in [-0.1, -0.05) is 18.2 Å². The lowest BCUT2D eigenvalue weighted by Gasteiger charge is -2.16. The molecule has 0 atom stereocenters. The SMILES string of the molecule is Cc1ccc(NC(=O)c2cccc(C(C)(C)C#N)c2)cc1NC(=O)c1cc2[nH]c(=O)cnc2s1. The van der Waals surface area contributed by atoms with Crippen LogP contribution in [0.5, 0.6) is 0 Å². The Morgan fingerprint density at radius 2 is 1.88 bits per heavy atom. The summed E-state index contributed by atoms with van der Waals surface area (Å²) >= 11 is 1.17. The van der Waals surface area contributed by atoms with Gasteiger partial charge in [-0.2, -0.15) is 5.26 Å². The Kier molecular flexibility index (Phi) is 6.01. The second kappa shape index (κ2) is 8.92. The van der Waals surface area contributed by atoms with E-state index in [1.54, 1.807) is 56.3 Å². The van der Waals surface area contributed by atoms with Gasteiger partial charge in [0.25, 0.3) is 17.4 Å². The Labute approximate surface area is 199 Å². The van der Waals surface area contributed by atoms with Crippen molar-refractivity contribution in [1.29, 1.82) is 5.26 Å². The number of hydrogen-bond acceptors (Lipinski definition) is 6. The van der Waals surface area contributed by atoms with Gasteiger partial charge in [0.2, 0.25) is 0 Å². The molecule has 0 saturated heterocycles. The lowest BCUT2D eigenvalue weighted by atomic mass is 9.85. The van der Waals surface area contributed by atoms with Crippen molar-refractivity contribution in [3.8, 4) is 6.07 Å². The van der Waals surface area contributed by atoms with Crippen LogP contribution in [0.15, 0.2) is 59.5 Å². The average Bonchev–Trinajstić information content (AvgIpc) is 3.24. The topological polar surface area (TPSA) is 128 Å². The molecule has 0 aliphatic carbocycles. The van der Waals surface area contributed by atoms with Crippen molar-refractivity contribution < 1.29 is 9.59 Å². The molecular formula is C25H21N5O3S. The maximum atomic E-state index is 12.8. The van der Waals surface area contributed by atoms with Crippen LogP contribution in [0.3, 0.4) is 0 Å². The highest BCUT2D eigenvalue weighted by molar-refractivity contribution is 7.20. The standard InChI is InChI=1S/C25H21N5O3S/c1-14-7-8-17(28-22(32)15-5-4-6-16(9-15)25(2,3)13-26)10-18(14)30-23(33)20-11-19-24(34-20)27-12-21(31)29-19/h4-12H,1-3H3,(H,28,32)(H,29,31)(H,30,33). The van der Waals surface area contributed by atoms with Crippen molar-refractivity contribution in [3.63, 3.8) is 0 Å². The number of aromatic amines is 1. The van der Waals surface area contributed by atoms with Crippen molar-refractivity contribution in [2.24, 2.45) is 0 Å². The fourth-order valence-corrected chi connectivity index (χ4v) is 4.15. The third kappa shape index (κ3) is 4.72. The first-order valence-electron chi connectivity index (χ1n) is 10.4. The minimum Gasteiger partial charge on any atom is -0.322 e. The normalized spacial score (nSPS) is 11.1. The van der Waals surface area contributed by atoms with Gasteiger partial charge in [0, 0.05) is 16.9 Å². The molecule has 0 spiro atoms. The molecule has 170 valence electrons. The summed E-state index contributed by atoms with van der Waals surface area (Å²) < 4.78 is 0. The first-order valence-corrected chi connectivity index (χ1v) is 11.2. The summed E-state index contributed by atoms with van der Waals surface area (Å²) in [6, 6.07) is 16.0. The molecule has 0 saturated carbocycles. The Hall–Kier alpha value is -4.29. The second-order valence-electron chi connectivity index (χ2n) is 8.33. The van der Waals surface area contributed by atoms with Crippen LogP contribution in [-0.4, -0.2) is 21.8 Å². The third-order valence-corrected chi connectivity index (χ3v) is 6.40. The number of nitrogens with zero attached hydrogens (tertiary/aromatic N) is 2.